The van der Waals surface area contributed by atoms with E-state index < -0.39 is 21.4 Å². The number of hydrogen-bond acceptors (Lipinski definition) is 3. The molecule has 0 spiro atoms. The van der Waals surface area contributed by atoms with Crippen molar-refractivity contribution in [2.75, 3.05) is 11.4 Å². The maximum atomic E-state index is 12.9. The molecule has 7 heteroatoms. The highest BCUT2D eigenvalue weighted by atomic mass is 35.5. The summed E-state index contributed by atoms with van der Waals surface area (Å²) in [6.07, 6.45) is -0.344. The van der Waals surface area contributed by atoms with Gasteiger partial charge in [0.25, 0.3) is 0 Å². The van der Waals surface area contributed by atoms with Crippen molar-refractivity contribution in [1.29, 1.82) is 0 Å². The second-order valence-corrected chi connectivity index (χ2v) is 6.29. The summed E-state index contributed by atoms with van der Waals surface area (Å²) in [6, 6.07) is 5.07. The zero-order chi connectivity index (χ0) is 13.5. The largest absolute Gasteiger partial charge is 0.309 e. The summed E-state index contributed by atoms with van der Waals surface area (Å²) in [6.45, 7) is 1.63. The Bertz CT molecular complexity index is 602. The Hall–Kier alpha value is -1.14. The van der Waals surface area contributed by atoms with Crippen molar-refractivity contribution >= 4 is 33.4 Å². The zero-order valence-electron chi connectivity index (χ0n) is 9.56. The van der Waals surface area contributed by atoms with Gasteiger partial charge >= 0.3 is 10.2 Å². The monoisotopic (exact) mass is 291 g/mol. The van der Waals surface area contributed by atoms with E-state index in [1.54, 1.807) is 18.2 Å². The van der Waals surface area contributed by atoms with Crippen LogP contribution in [-0.2, 0) is 15.0 Å². The van der Waals surface area contributed by atoms with Crippen molar-refractivity contribution < 1.29 is 17.1 Å². The number of benzene rings is 1. The van der Waals surface area contributed by atoms with E-state index in [1.807, 2.05) is 6.92 Å². The molecule has 1 heterocycles. The summed E-state index contributed by atoms with van der Waals surface area (Å²) in [5.74, 6) is -0.436. The van der Waals surface area contributed by atoms with Crippen LogP contribution in [0.15, 0.2) is 18.2 Å². The van der Waals surface area contributed by atoms with Gasteiger partial charge in [-0.25, -0.2) is 0 Å². The molecule has 0 aromatic heterocycles. The molecule has 1 atom stereocenters. The molecule has 0 bridgehead atoms. The van der Waals surface area contributed by atoms with E-state index in [9.17, 15) is 17.1 Å². The van der Waals surface area contributed by atoms with Crippen LogP contribution in [0.2, 0.25) is 5.02 Å². The third-order valence-electron chi connectivity index (χ3n) is 2.88. The first kappa shape index (κ1) is 13.3. The highest BCUT2D eigenvalue weighted by Gasteiger charge is 2.39. The molecule has 0 aliphatic carbocycles. The Morgan fingerprint density at radius 1 is 1.44 bits per heavy atom. The topological polar surface area (TPSA) is 54.5 Å². The van der Waals surface area contributed by atoms with Gasteiger partial charge in [0.05, 0.1) is 10.7 Å². The highest BCUT2D eigenvalue weighted by Crippen LogP contribution is 2.32. The summed E-state index contributed by atoms with van der Waals surface area (Å²) >= 11 is 5.97. The smallest absolute Gasteiger partial charge is 0.307 e. The van der Waals surface area contributed by atoms with E-state index in [2.05, 4.69) is 0 Å². The van der Waals surface area contributed by atoms with Crippen LogP contribution in [0.5, 0.6) is 0 Å². The number of hydrogen-bond donors (Lipinski definition) is 0. The molecule has 1 unspecified atom stereocenters. The number of amides is 1. The molecular weight excluding hydrogens is 281 g/mol. The fourth-order valence-corrected chi connectivity index (χ4v) is 2.81. The first-order valence-corrected chi connectivity index (χ1v) is 7.11. The van der Waals surface area contributed by atoms with E-state index >= 15 is 0 Å². The van der Waals surface area contributed by atoms with Gasteiger partial charge in [-0.15, -0.1) is 3.89 Å². The Kier molecular flexibility index (Phi) is 3.33. The maximum absolute atomic E-state index is 12.9. The molecule has 0 radical (unpaired) electrons. The highest BCUT2D eigenvalue weighted by molar-refractivity contribution is 7.87. The maximum Gasteiger partial charge on any atom is 0.307 e. The number of nitrogens with zero attached hydrogens (tertiary/aromatic N) is 1. The Balaban J connectivity index is 2.35. The molecule has 1 fully saturated rings. The molecule has 0 N–H and O–H groups in total. The minimum absolute atomic E-state index is 0.194. The second kappa shape index (κ2) is 4.51. The lowest BCUT2D eigenvalue weighted by molar-refractivity contribution is -0.117. The van der Waals surface area contributed by atoms with Gasteiger partial charge in [-0.05, 0) is 24.6 Å². The Labute approximate surface area is 110 Å². The third kappa shape index (κ3) is 2.49. The van der Waals surface area contributed by atoms with Gasteiger partial charge in [0.2, 0.25) is 5.91 Å². The molecule has 2 rings (SSSR count). The fourth-order valence-electron chi connectivity index (χ4n) is 1.93. The molecule has 18 heavy (non-hydrogen) atoms. The van der Waals surface area contributed by atoms with Crippen LogP contribution in [0.1, 0.15) is 12.0 Å². The summed E-state index contributed by atoms with van der Waals surface area (Å²) < 4.78 is 34.6. The Morgan fingerprint density at radius 2 is 2.11 bits per heavy atom. The number of anilines is 1. The molecule has 1 aliphatic rings. The van der Waals surface area contributed by atoms with Crippen LogP contribution < -0.4 is 4.90 Å². The quantitative estimate of drug-likeness (QED) is 0.784. The van der Waals surface area contributed by atoms with Gasteiger partial charge in [0.15, 0.2) is 0 Å². The van der Waals surface area contributed by atoms with Gasteiger partial charge in [0.1, 0.15) is 5.25 Å². The Morgan fingerprint density at radius 3 is 2.67 bits per heavy atom. The van der Waals surface area contributed by atoms with E-state index in [0.717, 1.165) is 5.56 Å². The van der Waals surface area contributed by atoms with Crippen molar-refractivity contribution in [2.45, 2.75) is 18.6 Å². The number of carbonyl (C=O) groups is 1. The average molecular weight is 292 g/mol. The van der Waals surface area contributed by atoms with Gasteiger partial charge in [-0.2, -0.15) is 8.42 Å². The van der Waals surface area contributed by atoms with Crippen molar-refractivity contribution in [1.82, 2.24) is 0 Å². The molecular formula is C11H11ClFNO3S. The van der Waals surface area contributed by atoms with Crippen LogP contribution in [0.25, 0.3) is 0 Å². The standard InChI is InChI=1S/C11H11ClFNO3S/c1-7-2-3-9(12)10(4-7)14-6-8(5-11(14)15)18(13,16)17/h2-4,8H,5-6H2,1H3. The van der Waals surface area contributed by atoms with Crippen LogP contribution in [-0.4, -0.2) is 26.1 Å². The molecule has 1 amide bonds. The van der Waals surface area contributed by atoms with E-state index in [-0.39, 0.29) is 13.0 Å². The number of carbonyl (C=O) groups excluding carboxylic acids is 1. The van der Waals surface area contributed by atoms with Gasteiger partial charge in [-0.3, -0.25) is 4.79 Å². The lowest BCUT2D eigenvalue weighted by Crippen LogP contribution is -2.27. The van der Waals surface area contributed by atoms with Gasteiger partial charge in [0, 0.05) is 13.0 Å². The van der Waals surface area contributed by atoms with E-state index in [0.29, 0.717) is 10.7 Å². The summed E-state index contributed by atoms with van der Waals surface area (Å²) in [4.78, 5) is 13.0. The van der Waals surface area contributed by atoms with E-state index in [1.165, 1.54) is 4.90 Å². The van der Waals surface area contributed by atoms with Gasteiger partial charge in [-0.1, -0.05) is 17.7 Å². The fraction of sp³-hybridized carbons (Fsp3) is 0.364. The predicted octanol–water partition coefficient (Wildman–Crippen LogP) is 2.05. The molecule has 1 saturated heterocycles. The van der Waals surface area contributed by atoms with Crippen molar-refractivity contribution in [2.24, 2.45) is 0 Å². The molecule has 1 aromatic rings. The first-order valence-electron chi connectivity index (χ1n) is 5.29. The number of halogens is 2. The minimum atomic E-state index is -4.70. The molecule has 0 saturated carbocycles. The van der Waals surface area contributed by atoms with Crippen molar-refractivity contribution in [3.63, 3.8) is 0 Å². The lowest BCUT2D eigenvalue weighted by atomic mass is 10.2. The normalized spacial score (nSPS) is 20.5. The second-order valence-electron chi connectivity index (χ2n) is 4.26. The molecule has 1 aromatic carbocycles. The summed E-state index contributed by atoms with van der Waals surface area (Å²) in [5.41, 5.74) is 1.31. The van der Waals surface area contributed by atoms with Crippen LogP contribution in [0.4, 0.5) is 9.57 Å². The van der Waals surface area contributed by atoms with Crippen LogP contribution in [0, 0.1) is 6.92 Å². The SMILES string of the molecule is Cc1ccc(Cl)c(N2CC(S(=O)(=O)F)CC2=O)c1. The van der Waals surface area contributed by atoms with Crippen LogP contribution in [0.3, 0.4) is 0 Å². The molecule has 1 aliphatic heterocycles. The average Bonchev–Trinajstić information content (AvgIpc) is 2.64. The zero-order valence-corrected chi connectivity index (χ0v) is 11.1. The minimum Gasteiger partial charge on any atom is -0.309 e. The van der Waals surface area contributed by atoms with Crippen molar-refractivity contribution in [3.8, 4) is 0 Å². The van der Waals surface area contributed by atoms with Gasteiger partial charge < -0.3 is 4.90 Å². The number of rotatable bonds is 2. The van der Waals surface area contributed by atoms with Crippen LogP contribution >= 0.6 is 11.6 Å². The lowest BCUT2D eigenvalue weighted by Gasteiger charge is -2.18. The molecule has 4 nitrogen and oxygen atoms in total. The number of aryl methyl sites for hydroxylation is 1. The van der Waals surface area contributed by atoms with E-state index in [4.69, 9.17) is 11.6 Å². The summed E-state index contributed by atoms with van der Waals surface area (Å²) in [7, 11) is -4.70. The first-order chi connectivity index (χ1) is 8.29. The predicted molar refractivity (Wildman–Crippen MR) is 67.0 cm³/mol. The van der Waals surface area contributed by atoms with Crippen molar-refractivity contribution in [3.05, 3.63) is 28.8 Å². The molecule has 98 valence electrons. The summed E-state index contributed by atoms with van der Waals surface area (Å²) in [5, 5.41) is -0.965. The third-order valence-corrected chi connectivity index (χ3v) is 4.31.